The van der Waals surface area contributed by atoms with Gasteiger partial charge >= 0.3 is 0 Å². The highest BCUT2D eigenvalue weighted by Gasteiger charge is 2.17. The van der Waals surface area contributed by atoms with E-state index in [0.29, 0.717) is 17.9 Å². The van der Waals surface area contributed by atoms with Crippen molar-refractivity contribution in [2.45, 2.75) is 27.2 Å². The number of ether oxygens (including phenoxy) is 1. The quantitative estimate of drug-likeness (QED) is 0.786. The molecule has 0 radical (unpaired) electrons. The number of rotatable bonds is 4. The van der Waals surface area contributed by atoms with Crippen molar-refractivity contribution in [2.24, 2.45) is 5.41 Å². The lowest BCUT2D eigenvalue weighted by Gasteiger charge is -2.16. The van der Waals surface area contributed by atoms with Gasteiger partial charge in [0.15, 0.2) is 11.5 Å². The lowest BCUT2D eigenvalue weighted by molar-refractivity contribution is -0.117. The number of carbonyl (C=O) groups is 1. The second-order valence-electron chi connectivity index (χ2n) is 7.17. The number of nitrogens with one attached hydrogen (secondary N) is 1. The molecule has 0 saturated heterocycles. The molecule has 3 rings (SSSR count). The summed E-state index contributed by atoms with van der Waals surface area (Å²) in [6.45, 7) is 6.08. The van der Waals surface area contributed by atoms with E-state index in [9.17, 15) is 4.79 Å². The van der Waals surface area contributed by atoms with Gasteiger partial charge in [-0.2, -0.15) is 5.10 Å². The summed E-state index contributed by atoms with van der Waals surface area (Å²) in [6, 6.07) is 11.5. The van der Waals surface area contributed by atoms with Crippen molar-refractivity contribution >= 4 is 17.4 Å². The first-order chi connectivity index (χ1) is 11.8. The molecular formula is C19H22N4O2. The van der Waals surface area contributed by atoms with Crippen molar-refractivity contribution in [3.05, 3.63) is 42.6 Å². The van der Waals surface area contributed by atoms with Crippen LogP contribution in [-0.2, 0) is 4.79 Å². The SMILES string of the molecule is COc1cccc(-c2ccc3nc(NC(=O)CC(C)(C)C)cn3n2)c1. The fraction of sp³-hybridized carbons (Fsp3) is 0.316. The molecule has 2 heterocycles. The first kappa shape index (κ1) is 17.0. The minimum Gasteiger partial charge on any atom is -0.497 e. The normalized spacial score (nSPS) is 11.5. The van der Waals surface area contributed by atoms with Crippen LogP contribution in [0.3, 0.4) is 0 Å². The third kappa shape index (κ3) is 4.15. The largest absolute Gasteiger partial charge is 0.497 e. The lowest BCUT2D eigenvalue weighted by atomic mass is 9.92. The third-order valence-electron chi connectivity index (χ3n) is 3.64. The first-order valence-corrected chi connectivity index (χ1v) is 8.15. The van der Waals surface area contributed by atoms with Crippen LogP contribution in [0.2, 0.25) is 0 Å². The van der Waals surface area contributed by atoms with Gasteiger partial charge in [0.25, 0.3) is 0 Å². The van der Waals surface area contributed by atoms with E-state index >= 15 is 0 Å². The summed E-state index contributed by atoms with van der Waals surface area (Å²) in [5.74, 6) is 1.23. The number of nitrogens with zero attached hydrogens (tertiary/aromatic N) is 3. The van der Waals surface area contributed by atoms with Gasteiger partial charge in [0.2, 0.25) is 5.91 Å². The Morgan fingerprint density at radius 2 is 2.04 bits per heavy atom. The minimum atomic E-state index is -0.0684. The van der Waals surface area contributed by atoms with Crippen LogP contribution in [0, 0.1) is 5.41 Å². The summed E-state index contributed by atoms with van der Waals surface area (Å²) in [5, 5.41) is 7.41. The fourth-order valence-corrected chi connectivity index (χ4v) is 2.55. The molecule has 0 atom stereocenters. The molecular weight excluding hydrogens is 316 g/mol. The predicted molar refractivity (Wildman–Crippen MR) is 97.7 cm³/mol. The molecule has 1 N–H and O–H groups in total. The van der Waals surface area contributed by atoms with Gasteiger partial charge in [-0.05, 0) is 29.7 Å². The molecule has 6 heteroatoms. The summed E-state index contributed by atoms with van der Waals surface area (Å²) < 4.78 is 6.93. The molecule has 6 nitrogen and oxygen atoms in total. The van der Waals surface area contributed by atoms with Gasteiger partial charge in [-0.15, -0.1) is 0 Å². The molecule has 0 aliphatic carbocycles. The molecule has 0 aliphatic heterocycles. The number of methoxy groups -OCH3 is 1. The van der Waals surface area contributed by atoms with E-state index in [1.54, 1.807) is 17.8 Å². The first-order valence-electron chi connectivity index (χ1n) is 8.15. The molecule has 0 saturated carbocycles. The number of anilines is 1. The third-order valence-corrected chi connectivity index (χ3v) is 3.64. The van der Waals surface area contributed by atoms with E-state index in [1.165, 1.54) is 0 Å². The molecule has 0 fully saturated rings. The Morgan fingerprint density at radius 1 is 1.24 bits per heavy atom. The van der Waals surface area contributed by atoms with Gasteiger partial charge in [-0.1, -0.05) is 32.9 Å². The molecule has 3 aromatic rings. The van der Waals surface area contributed by atoms with Crippen LogP contribution in [0.25, 0.3) is 16.9 Å². The zero-order valence-corrected chi connectivity index (χ0v) is 14.9. The van der Waals surface area contributed by atoms with Gasteiger partial charge in [0.1, 0.15) is 5.75 Å². The average molecular weight is 338 g/mol. The summed E-state index contributed by atoms with van der Waals surface area (Å²) in [6.07, 6.45) is 2.16. The average Bonchev–Trinajstić information content (AvgIpc) is 2.94. The van der Waals surface area contributed by atoms with Crippen LogP contribution in [0.4, 0.5) is 5.82 Å². The number of fused-ring (bicyclic) bond motifs is 1. The predicted octanol–water partition coefficient (Wildman–Crippen LogP) is 3.78. The minimum absolute atomic E-state index is 0.0519. The molecule has 2 aromatic heterocycles. The Balaban J connectivity index is 1.85. The molecule has 0 spiro atoms. The zero-order chi connectivity index (χ0) is 18.0. The zero-order valence-electron chi connectivity index (χ0n) is 14.9. The smallest absolute Gasteiger partial charge is 0.226 e. The summed E-state index contributed by atoms with van der Waals surface area (Å²) in [4.78, 5) is 16.5. The molecule has 130 valence electrons. The monoisotopic (exact) mass is 338 g/mol. The molecule has 0 bridgehead atoms. The summed E-state index contributed by atoms with van der Waals surface area (Å²) in [5.41, 5.74) is 2.36. The number of carbonyl (C=O) groups excluding carboxylic acids is 1. The standard InChI is InChI=1S/C19H22N4O2/c1-19(2,3)11-18(24)21-16-12-23-17(20-16)9-8-15(22-23)13-6-5-7-14(10-13)25-4/h5-10,12H,11H2,1-4H3,(H,21,24). The molecule has 0 aliphatic rings. The van der Waals surface area contributed by atoms with E-state index in [2.05, 4.69) is 15.4 Å². The van der Waals surface area contributed by atoms with Gasteiger partial charge < -0.3 is 10.1 Å². The van der Waals surface area contributed by atoms with Crippen LogP contribution in [0.5, 0.6) is 5.75 Å². The number of benzene rings is 1. The number of hydrogen-bond donors (Lipinski definition) is 1. The van der Waals surface area contributed by atoms with Gasteiger partial charge in [0, 0.05) is 12.0 Å². The van der Waals surface area contributed by atoms with Crippen LogP contribution in [0.1, 0.15) is 27.2 Å². The van der Waals surface area contributed by atoms with Crippen LogP contribution >= 0.6 is 0 Å². The summed E-state index contributed by atoms with van der Waals surface area (Å²) >= 11 is 0. The number of hydrogen-bond acceptors (Lipinski definition) is 4. The van der Waals surface area contributed by atoms with Crippen molar-refractivity contribution in [1.29, 1.82) is 0 Å². The van der Waals surface area contributed by atoms with Crippen molar-refractivity contribution in [3.63, 3.8) is 0 Å². The lowest BCUT2D eigenvalue weighted by Crippen LogP contribution is -2.19. The Labute approximate surface area is 146 Å². The van der Waals surface area contributed by atoms with E-state index in [1.807, 2.05) is 57.2 Å². The molecule has 25 heavy (non-hydrogen) atoms. The highest BCUT2D eigenvalue weighted by atomic mass is 16.5. The van der Waals surface area contributed by atoms with E-state index in [0.717, 1.165) is 17.0 Å². The Hall–Kier alpha value is -2.89. The highest BCUT2D eigenvalue weighted by molar-refractivity contribution is 5.90. The maximum Gasteiger partial charge on any atom is 0.226 e. The Bertz CT molecular complexity index is 909. The molecule has 0 unspecified atom stereocenters. The van der Waals surface area contributed by atoms with Gasteiger partial charge in [0.05, 0.1) is 19.0 Å². The maximum atomic E-state index is 12.1. The van der Waals surface area contributed by atoms with E-state index in [4.69, 9.17) is 4.74 Å². The van der Waals surface area contributed by atoms with Crippen LogP contribution in [0.15, 0.2) is 42.6 Å². The number of imidazole rings is 1. The van der Waals surface area contributed by atoms with Crippen LogP contribution < -0.4 is 10.1 Å². The Kier molecular flexibility index (Phi) is 4.44. The number of aromatic nitrogens is 3. The van der Waals surface area contributed by atoms with Gasteiger partial charge in [-0.25, -0.2) is 9.50 Å². The van der Waals surface area contributed by atoms with Crippen molar-refractivity contribution < 1.29 is 9.53 Å². The van der Waals surface area contributed by atoms with E-state index < -0.39 is 0 Å². The topological polar surface area (TPSA) is 68.5 Å². The summed E-state index contributed by atoms with van der Waals surface area (Å²) in [7, 11) is 1.64. The number of amides is 1. The second-order valence-corrected chi connectivity index (χ2v) is 7.17. The fourth-order valence-electron chi connectivity index (χ4n) is 2.55. The maximum absolute atomic E-state index is 12.1. The van der Waals surface area contributed by atoms with E-state index in [-0.39, 0.29) is 11.3 Å². The van der Waals surface area contributed by atoms with Crippen molar-refractivity contribution in [2.75, 3.05) is 12.4 Å². The van der Waals surface area contributed by atoms with Crippen LogP contribution in [-0.4, -0.2) is 27.6 Å². The van der Waals surface area contributed by atoms with Crippen molar-refractivity contribution in [3.8, 4) is 17.0 Å². The van der Waals surface area contributed by atoms with Crippen molar-refractivity contribution in [1.82, 2.24) is 14.6 Å². The highest BCUT2D eigenvalue weighted by Crippen LogP contribution is 2.23. The van der Waals surface area contributed by atoms with Gasteiger partial charge in [-0.3, -0.25) is 4.79 Å². The Morgan fingerprint density at radius 3 is 2.76 bits per heavy atom. The molecule has 1 aromatic carbocycles. The second kappa shape index (κ2) is 6.55. The molecule has 1 amide bonds.